The van der Waals surface area contributed by atoms with E-state index >= 15 is 0 Å². The summed E-state index contributed by atoms with van der Waals surface area (Å²) >= 11 is 6.45. The summed E-state index contributed by atoms with van der Waals surface area (Å²) in [6.45, 7) is 6.23. The first kappa shape index (κ1) is 17.6. The summed E-state index contributed by atoms with van der Waals surface area (Å²) in [6, 6.07) is 0. The van der Waals surface area contributed by atoms with Gasteiger partial charge in [0.2, 0.25) is 0 Å². The second kappa shape index (κ2) is 5.84. The quantitative estimate of drug-likeness (QED) is 0.614. The second-order valence-electron chi connectivity index (χ2n) is 9.27. The molecule has 0 aromatic rings. The summed E-state index contributed by atoms with van der Waals surface area (Å²) in [6.07, 6.45) is 8.17. The molecule has 138 valence electrons. The van der Waals surface area contributed by atoms with Crippen LogP contribution in [0.1, 0.15) is 72.1 Å². The minimum Gasteiger partial charge on any atom is -0.462 e. The third kappa shape index (κ3) is 2.44. The number of carbonyl (C=O) groups excluding carboxylic acids is 2. The molecule has 4 rings (SSSR count). The lowest BCUT2D eigenvalue weighted by Gasteiger charge is -2.58. The van der Waals surface area contributed by atoms with Crippen LogP contribution in [0, 0.1) is 28.6 Å². The van der Waals surface area contributed by atoms with E-state index in [9.17, 15) is 9.59 Å². The van der Waals surface area contributed by atoms with E-state index in [1.165, 1.54) is 12.5 Å². The number of ether oxygens (including phenoxy) is 1. The molecular weight excluding hydrogens is 336 g/mol. The number of fused-ring (bicyclic) bond motifs is 5. The Bertz CT molecular complexity index is 654. The Labute approximate surface area is 155 Å². The highest BCUT2D eigenvalue weighted by Gasteiger charge is 2.60. The summed E-state index contributed by atoms with van der Waals surface area (Å²) in [4.78, 5) is 23.6. The van der Waals surface area contributed by atoms with Gasteiger partial charge in [0.25, 0.3) is 0 Å². The summed E-state index contributed by atoms with van der Waals surface area (Å²) in [5, 5.41) is 0.546. The van der Waals surface area contributed by atoms with E-state index < -0.39 is 0 Å². The second-order valence-corrected chi connectivity index (χ2v) is 9.65. The van der Waals surface area contributed by atoms with Gasteiger partial charge in [0.1, 0.15) is 6.10 Å². The lowest BCUT2D eigenvalue weighted by atomic mass is 9.47. The number of Topliss-reactive ketones (excluding diaryl/α,β-unsaturated/α-hetero) is 1. The van der Waals surface area contributed by atoms with E-state index in [0.29, 0.717) is 29.2 Å². The summed E-state index contributed by atoms with van der Waals surface area (Å²) < 4.78 is 5.71. The maximum absolute atomic E-state index is 12.1. The SMILES string of the molecule is CC(=O)O[C@@H]1CC[C@@H]2[C@@H]3CCC4=C(Cl)C(=O)CC[C@]4(C)[C@H]3CC[C@@]21C. The third-order valence-electron chi connectivity index (χ3n) is 8.27. The normalized spacial score (nSPS) is 46.3. The predicted molar refractivity (Wildman–Crippen MR) is 97.1 cm³/mol. The first-order chi connectivity index (χ1) is 11.8. The van der Waals surface area contributed by atoms with Gasteiger partial charge < -0.3 is 4.74 Å². The maximum Gasteiger partial charge on any atom is 0.302 e. The van der Waals surface area contributed by atoms with Gasteiger partial charge in [-0.1, -0.05) is 25.4 Å². The Morgan fingerprint density at radius 3 is 2.56 bits per heavy atom. The number of esters is 1. The molecule has 0 N–H and O–H groups in total. The average Bonchev–Trinajstić information content (AvgIpc) is 2.88. The van der Waals surface area contributed by atoms with Crippen LogP contribution in [0.15, 0.2) is 10.6 Å². The van der Waals surface area contributed by atoms with Crippen molar-refractivity contribution in [2.45, 2.75) is 78.2 Å². The van der Waals surface area contributed by atoms with Gasteiger partial charge in [-0.05, 0) is 73.7 Å². The monoisotopic (exact) mass is 364 g/mol. The van der Waals surface area contributed by atoms with Crippen LogP contribution in [0.5, 0.6) is 0 Å². The molecule has 0 aromatic carbocycles. The lowest BCUT2D eigenvalue weighted by Crippen LogP contribution is -2.52. The smallest absolute Gasteiger partial charge is 0.302 e. The van der Waals surface area contributed by atoms with Gasteiger partial charge in [-0.25, -0.2) is 0 Å². The van der Waals surface area contributed by atoms with Crippen molar-refractivity contribution in [1.82, 2.24) is 0 Å². The third-order valence-corrected chi connectivity index (χ3v) is 8.71. The standard InChI is InChI=1S/C21H29ClO3/c1-12(23)25-18-7-6-14-13-4-5-16-19(22)17(24)9-11-20(16,2)15(13)8-10-21(14,18)3/h13-15,18H,4-11H2,1-3H3/t13-,14+,15-,18+,20+,21-/m0/s1. The molecule has 0 heterocycles. The fraction of sp³-hybridized carbons (Fsp3) is 0.810. The fourth-order valence-electron chi connectivity index (χ4n) is 7.00. The first-order valence-corrected chi connectivity index (χ1v) is 10.2. The summed E-state index contributed by atoms with van der Waals surface area (Å²) in [7, 11) is 0. The highest BCUT2D eigenvalue weighted by atomic mass is 35.5. The molecule has 0 radical (unpaired) electrons. The van der Waals surface area contributed by atoms with Crippen molar-refractivity contribution in [3.8, 4) is 0 Å². The molecule has 0 amide bonds. The number of allylic oxidation sites excluding steroid dienone is 1. The Kier molecular flexibility index (Phi) is 4.10. The van der Waals surface area contributed by atoms with Gasteiger partial charge in [-0.15, -0.1) is 0 Å². The van der Waals surface area contributed by atoms with Gasteiger partial charge in [-0.2, -0.15) is 0 Å². The zero-order chi connectivity index (χ0) is 18.0. The zero-order valence-electron chi connectivity index (χ0n) is 15.6. The number of hydrogen-bond acceptors (Lipinski definition) is 3. The van der Waals surface area contributed by atoms with E-state index in [2.05, 4.69) is 13.8 Å². The van der Waals surface area contributed by atoms with Crippen molar-refractivity contribution in [3.63, 3.8) is 0 Å². The molecule has 0 saturated heterocycles. The van der Waals surface area contributed by atoms with Gasteiger partial charge in [-0.3, -0.25) is 9.59 Å². The van der Waals surface area contributed by atoms with E-state index in [1.807, 2.05) is 0 Å². The fourth-order valence-corrected chi connectivity index (χ4v) is 7.40. The number of ketones is 1. The zero-order valence-corrected chi connectivity index (χ0v) is 16.3. The molecule has 4 aliphatic carbocycles. The molecule has 0 aromatic heterocycles. The molecule has 3 fully saturated rings. The maximum atomic E-state index is 12.1. The van der Waals surface area contributed by atoms with Crippen LogP contribution in [-0.4, -0.2) is 17.9 Å². The molecule has 0 unspecified atom stereocenters. The van der Waals surface area contributed by atoms with Gasteiger partial charge in [0.15, 0.2) is 5.78 Å². The minimum atomic E-state index is -0.146. The molecule has 3 nitrogen and oxygen atoms in total. The molecule has 0 aliphatic heterocycles. The number of rotatable bonds is 1. The average molecular weight is 365 g/mol. The minimum absolute atomic E-state index is 0.0808. The van der Waals surface area contributed by atoms with Gasteiger partial charge >= 0.3 is 5.97 Å². The van der Waals surface area contributed by atoms with Crippen molar-refractivity contribution in [1.29, 1.82) is 0 Å². The van der Waals surface area contributed by atoms with Crippen molar-refractivity contribution in [2.75, 3.05) is 0 Å². The number of hydrogen-bond donors (Lipinski definition) is 0. The van der Waals surface area contributed by atoms with Crippen molar-refractivity contribution in [3.05, 3.63) is 10.6 Å². The van der Waals surface area contributed by atoms with E-state index in [-0.39, 0.29) is 28.7 Å². The van der Waals surface area contributed by atoms with Crippen LogP contribution < -0.4 is 0 Å². The van der Waals surface area contributed by atoms with Gasteiger partial charge in [0, 0.05) is 18.8 Å². The van der Waals surface area contributed by atoms with Gasteiger partial charge in [0.05, 0.1) is 5.03 Å². The van der Waals surface area contributed by atoms with Crippen LogP contribution in [0.3, 0.4) is 0 Å². The largest absolute Gasteiger partial charge is 0.462 e. The van der Waals surface area contributed by atoms with E-state index in [4.69, 9.17) is 16.3 Å². The number of carbonyl (C=O) groups is 2. The molecular formula is C21H29ClO3. The molecule has 0 spiro atoms. The lowest BCUT2D eigenvalue weighted by molar-refractivity contribution is -0.157. The summed E-state index contributed by atoms with van der Waals surface area (Å²) in [5.74, 6) is 1.92. The van der Waals surface area contributed by atoms with Crippen LogP contribution >= 0.6 is 11.6 Å². The Morgan fingerprint density at radius 2 is 1.84 bits per heavy atom. The van der Waals surface area contributed by atoms with E-state index in [0.717, 1.165) is 44.9 Å². The number of halogens is 1. The molecule has 3 saturated carbocycles. The molecule has 0 bridgehead atoms. The topological polar surface area (TPSA) is 43.4 Å². The van der Waals surface area contributed by atoms with Crippen LogP contribution in [0.2, 0.25) is 0 Å². The van der Waals surface area contributed by atoms with Crippen LogP contribution in [0.25, 0.3) is 0 Å². The van der Waals surface area contributed by atoms with Crippen LogP contribution in [-0.2, 0) is 14.3 Å². The van der Waals surface area contributed by atoms with Crippen molar-refractivity contribution < 1.29 is 14.3 Å². The van der Waals surface area contributed by atoms with Crippen molar-refractivity contribution >= 4 is 23.4 Å². The highest BCUT2D eigenvalue weighted by Crippen LogP contribution is 2.66. The summed E-state index contributed by atoms with van der Waals surface area (Å²) in [5.41, 5.74) is 1.46. The Hall–Kier alpha value is -0.830. The van der Waals surface area contributed by atoms with E-state index in [1.54, 1.807) is 0 Å². The molecule has 4 heteroatoms. The Morgan fingerprint density at radius 1 is 1.08 bits per heavy atom. The van der Waals surface area contributed by atoms with Crippen molar-refractivity contribution in [2.24, 2.45) is 28.6 Å². The highest BCUT2D eigenvalue weighted by molar-refractivity contribution is 6.43. The van der Waals surface area contributed by atoms with Crippen LogP contribution in [0.4, 0.5) is 0 Å². The predicted octanol–water partition coefficient (Wildman–Crippen LogP) is 5.02. The molecule has 6 atom stereocenters. The molecule has 4 aliphatic rings. The molecule has 25 heavy (non-hydrogen) atoms. The Balaban J connectivity index is 1.65. The first-order valence-electron chi connectivity index (χ1n) is 9.87.